The van der Waals surface area contributed by atoms with Crippen molar-refractivity contribution in [3.05, 3.63) is 30.0 Å². The van der Waals surface area contributed by atoms with Gasteiger partial charge in [-0.25, -0.2) is 24.6 Å². The zero-order valence-electron chi connectivity index (χ0n) is 17.4. The molecule has 6 rings (SSSR count). The van der Waals surface area contributed by atoms with Crippen LogP contribution in [0.3, 0.4) is 0 Å². The lowest BCUT2D eigenvalue weighted by Gasteiger charge is -2.48. The summed E-state index contributed by atoms with van der Waals surface area (Å²) in [7, 11) is 0. The summed E-state index contributed by atoms with van der Waals surface area (Å²) in [5.74, 6) is 1.26. The van der Waals surface area contributed by atoms with Gasteiger partial charge in [-0.05, 0) is 13.3 Å². The number of hydrogen-bond acceptors (Lipinski definition) is 8. The predicted octanol–water partition coefficient (Wildman–Crippen LogP) is 2.23. The lowest BCUT2D eigenvalue weighted by Crippen LogP contribution is -2.58. The van der Waals surface area contributed by atoms with Gasteiger partial charge in [0.15, 0.2) is 5.65 Å². The number of ether oxygens (including phenoxy) is 1. The van der Waals surface area contributed by atoms with Crippen LogP contribution < -0.4 is 9.80 Å². The van der Waals surface area contributed by atoms with E-state index >= 15 is 0 Å². The van der Waals surface area contributed by atoms with E-state index in [9.17, 15) is 13.2 Å². The molecule has 32 heavy (non-hydrogen) atoms. The van der Waals surface area contributed by atoms with Crippen LogP contribution in [0.2, 0.25) is 0 Å². The van der Waals surface area contributed by atoms with Crippen LogP contribution >= 0.6 is 0 Å². The van der Waals surface area contributed by atoms with E-state index in [4.69, 9.17) is 9.72 Å². The lowest BCUT2D eigenvalue weighted by atomic mass is 9.79. The highest BCUT2D eigenvalue weighted by atomic mass is 19.4. The molecule has 12 heteroatoms. The standard InChI is InChI=1S/C20H21F3N8O/c1-12-26-15(20(21,22)23)4-16(27-12)29-3-2-19(9-29)10-30(11-19)17-6-24-14-5-25-31(18(14)28-17)13-7-32-8-13/h4-6,13H,2-3,7-11H2,1H3. The molecule has 0 amide bonds. The summed E-state index contributed by atoms with van der Waals surface area (Å²) in [6.07, 6.45) is -0.117. The monoisotopic (exact) mass is 446 g/mol. The van der Waals surface area contributed by atoms with Crippen molar-refractivity contribution in [3.8, 4) is 0 Å². The molecule has 3 aromatic rings. The highest BCUT2D eigenvalue weighted by Crippen LogP contribution is 2.43. The molecule has 0 unspecified atom stereocenters. The van der Waals surface area contributed by atoms with Gasteiger partial charge >= 0.3 is 6.18 Å². The molecule has 0 bridgehead atoms. The summed E-state index contributed by atoms with van der Waals surface area (Å²) in [6.45, 7) is 5.63. The van der Waals surface area contributed by atoms with Crippen molar-refractivity contribution in [2.45, 2.75) is 25.6 Å². The van der Waals surface area contributed by atoms with Gasteiger partial charge in [0.05, 0.1) is 25.6 Å². The van der Waals surface area contributed by atoms with Gasteiger partial charge in [-0.2, -0.15) is 18.3 Å². The van der Waals surface area contributed by atoms with E-state index in [0.29, 0.717) is 32.1 Å². The van der Waals surface area contributed by atoms with Gasteiger partial charge in [-0.15, -0.1) is 0 Å². The Morgan fingerprint density at radius 1 is 1.03 bits per heavy atom. The van der Waals surface area contributed by atoms with Crippen molar-refractivity contribution in [3.63, 3.8) is 0 Å². The van der Waals surface area contributed by atoms with E-state index in [1.165, 1.54) is 6.92 Å². The highest BCUT2D eigenvalue weighted by molar-refractivity contribution is 5.71. The fraction of sp³-hybridized carbons (Fsp3) is 0.550. The number of fused-ring (bicyclic) bond motifs is 1. The maximum atomic E-state index is 13.2. The van der Waals surface area contributed by atoms with Gasteiger partial charge in [-0.1, -0.05) is 0 Å². The van der Waals surface area contributed by atoms with Gasteiger partial charge in [0.25, 0.3) is 0 Å². The second kappa shape index (κ2) is 6.74. The Hall–Kier alpha value is -3.02. The van der Waals surface area contributed by atoms with Crippen LogP contribution in [0.1, 0.15) is 24.0 Å². The van der Waals surface area contributed by atoms with E-state index < -0.39 is 11.9 Å². The molecule has 0 saturated carbocycles. The fourth-order valence-corrected chi connectivity index (χ4v) is 4.77. The quantitative estimate of drug-likeness (QED) is 0.606. The minimum Gasteiger partial charge on any atom is -0.377 e. The average Bonchev–Trinajstić information content (AvgIpc) is 3.29. The lowest BCUT2D eigenvalue weighted by molar-refractivity contribution is -0.141. The summed E-state index contributed by atoms with van der Waals surface area (Å²) in [5, 5.41) is 4.40. The maximum Gasteiger partial charge on any atom is 0.433 e. The topological polar surface area (TPSA) is 85.1 Å². The summed E-state index contributed by atoms with van der Waals surface area (Å²) < 4.78 is 46.6. The second-order valence-corrected chi connectivity index (χ2v) is 8.90. The van der Waals surface area contributed by atoms with Gasteiger partial charge < -0.3 is 14.5 Å². The van der Waals surface area contributed by atoms with E-state index in [2.05, 4.69) is 25.0 Å². The smallest absolute Gasteiger partial charge is 0.377 e. The number of alkyl halides is 3. The Labute approximate surface area is 181 Å². The first-order chi connectivity index (χ1) is 15.3. The van der Waals surface area contributed by atoms with Crippen molar-refractivity contribution >= 4 is 22.8 Å². The Morgan fingerprint density at radius 2 is 1.81 bits per heavy atom. The molecule has 0 atom stereocenters. The van der Waals surface area contributed by atoms with Crippen molar-refractivity contribution in [1.29, 1.82) is 0 Å². The minimum absolute atomic E-state index is 0.00987. The summed E-state index contributed by atoms with van der Waals surface area (Å²) >= 11 is 0. The van der Waals surface area contributed by atoms with Crippen LogP contribution in [-0.2, 0) is 10.9 Å². The number of rotatable bonds is 3. The number of hydrogen-bond donors (Lipinski definition) is 0. The largest absolute Gasteiger partial charge is 0.433 e. The van der Waals surface area contributed by atoms with Crippen molar-refractivity contribution in [2.24, 2.45) is 5.41 Å². The summed E-state index contributed by atoms with van der Waals surface area (Å²) in [5.41, 5.74) is 0.618. The Balaban J connectivity index is 1.18. The van der Waals surface area contributed by atoms with Crippen molar-refractivity contribution in [2.75, 3.05) is 49.2 Å². The third kappa shape index (κ3) is 3.15. The molecule has 1 spiro atoms. The molecule has 6 heterocycles. The van der Waals surface area contributed by atoms with Gasteiger partial charge in [0, 0.05) is 37.7 Å². The van der Waals surface area contributed by atoms with Crippen molar-refractivity contribution in [1.82, 2.24) is 29.7 Å². The molecule has 3 aromatic heterocycles. The number of aryl methyl sites for hydroxylation is 1. The normalized spacial score (nSPS) is 20.8. The van der Waals surface area contributed by atoms with Crippen molar-refractivity contribution < 1.29 is 17.9 Å². The number of aromatic nitrogens is 6. The second-order valence-electron chi connectivity index (χ2n) is 8.90. The van der Waals surface area contributed by atoms with E-state index in [-0.39, 0.29) is 17.3 Å². The average molecular weight is 446 g/mol. The van der Waals surface area contributed by atoms with Crippen LogP contribution in [0, 0.1) is 12.3 Å². The highest BCUT2D eigenvalue weighted by Gasteiger charge is 2.49. The summed E-state index contributed by atoms with van der Waals surface area (Å²) in [6, 6.07) is 1.24. The van der Waals surface area contributed by atoms with Crippen LogP contribution in [0.15, 0.2) is 18.5 Å². The SMILES string of the molecule is Cc1nc(N2CCC3(C2)CN(c2cnc4cnn(C5COC5)c4n2)C3)cc(C(F)(F)F)n1. The summed E-state index contributed by atoms with van der Waals surface area (Å²) in [4.78, 5) is 21.2. The number of nitrogens with zero attached hydrogens (tertiary/aromatic N) is 8. The third-order valence-electron chi connectivity index (χ3n) is 6.51. The third-order valence-corrected chi connectivity index (χ3v) is 6.51. The molecular formula is C20H21F3N8O. The molecule has 3 fully saturated rings. The molecule has 9 nitrogen and oxygen atoms in total. The maximum absolute atomic E-state index is 13.2. The minimum atomic E-state index is -4.48. The molecule has 168 valence electrons. The Morgan fingerprint density at radius 3 is 2.53 bits per heavy atom. The Bertz CT molecular complexity index is 1190. The van der Waals surface area contributed by atoms with Gasteiger partial charge in [0.2, 0.25) is 0 Å². The van der Waals surface area contributed by atoms with Crippen LogP contribution in [-0.4, -0.2) is 69.1 Å². The van der Waals surface area contributed by atoms with Crippen LogP contribution in [0.4, 0.5) is 24.8 Å². The van der Waals surface area contributed by atoms with E-state index in [1.54, 1.807) is 12.4 Å². The molecule has 3 aliphatic rings. The molecular weight excluding hydrogens is 425 g/mol. The Kier molecular flexibility index (Phi) is 4.14. The van der Waals surface area contributed by atoms with Crippen LogP contribution in [0.25, 0.3) is 11.2 Å². The molecule has 0 aliphatic carbocycles. The van der Waals surface area contributed by atoms with E-state index in [1.807, 2.05) is 9.58 Å². The molecule has 0 N–H and O–H groups in total. The number of halogens is 3. The predicted molar refractivity (Wildman–Crippen MR) is 108 cm³/mol. The number of anilines is 2. The molecule has 0 radical (unpaired) electrons. The first-order valence-electron chi connectivity index (χ1n) is 10.5. The van der Waals surface area contributed by atoms with Crippen LogP contribution in [0.5, 0.6) is 0 Å². The van der Waals surface area contributed by atoms with Gasteiger partial charge in [-0.3, -0.25) is 0 Å². The molecule has 3 saturated heterocycles. The first-order valence-corrected chi connectivity index (χ1v) is 10.5. The fourth-order valence-electron chi connectivity index (χ4n) is 4.77. The zero-order chi connectivity index (χ0) is 22.1. The van der Waals surface area contributed by atoms with E-state index in [0.717, 1.165) is 42.6 Å². The first kappa shape index (κ1) is 19.6. The molecule has 0 aromatic carbocycles. The zero-order valence-corrected chi connectivity index (χ0v) is 17.4. The molecule has 3 aliphatic heterocycles. The van der Waals surface area contributed by atoms with Gasteiger partial charge in [0.1, 0.15) is 34.7 Å².